The lowest BCUT2D eigenvalue weighted by atomic mass is 10.2. The fraction of sp³-hybridized carbons (Fsp3) is 0.385. The summed E-state index contributed by atoms with van der Waals surface area (Å²) < 4.78 is 0. The molecule has 0 saturated carbocycles. The van der Waals surface area contributed by atoms with E-state index < -0.39 is 0 Å². The van der Waals surface area contributed by atoms with E-state index >= 15 is 0 Å². The zero-order chi connectivity index (χ0) is 13.5. The van der Waals surface area contributed by atoms with Crippen LogP contribution in [0.1, 0.15) is 30.6 Å². The summed E-state index contributed by atoms with van der Waals surface area (Å²) in [4.78, 5) is 23.0. The summed E-state index contributed by atoms with van der Waals surface area (Å²) >= 11 is 0. The quantitative estimate of drug-likeness (QED) is 0.731. The van der Waals surface area contributed by atoms with Crippen molar-refractivity contribution in [1.29, 1.82) is 0 Å². The Kier molecular flexibility index (Phi) is 5.32. The summed E-state index contributed by atoms with van der Waals surface area (Å²) in [6.07, 6.45) is 0.276. The third-order valence-electron chi connectivity index (χ3n) is 2.28. The first-order chi connectivity index (χ1) is 8.52. The van der Waals surface area contributed by atoms with Gasteiger partial charge in [-0.05, 0) is 38.1 Å². The Labute approximate surface area is 107 Å². The zero-order valence-corrected chi connectivity index (χ0v) is 10.7. The van der Waals surface area contributed by atoms with Crippen LogP contribution >= 0.6 is 0 Å². The lowest BCUT2D eigenvalue weighted by molar-refractivity contribution is -0.116. The van der Waals surface area contributed by atoms with Crippen molar-refractivity contribution in [2.24, 2.45) is 5.73 Å². The number of carbonyl (C=O) groups is 2. The molecule has 5 heteroatoms. The molecule has 1 aromatic rings. The molecule has 1 aromatic carbocycles. The van der Waals surface area contributed by atoms with Gasteiger partial charge >= 0.3 is 0 Å². The number of carbonyl (C=O) groups excluding carboxylic acids is 2. The molecule has 0 aliphatic carbocycles. The summed E-state index contributed by atoms with van der Waals surface area (Å²) in [5.41, 5.74) is 6.76. The Morgan fingerprint density at radius 3 is 2.39 bits per heavy atom. The number of nitrogens with one attached hydrogen (secondary N) is 2. The number of amides is 2. The molecule has 0 aromatic heterocycles. The maximum Gasteiger partial charge on any atom is 0.251 e. The molecule has 0 saturated heterocycles. The maximum absolute atomic E-state index is 11.5. The molecule has 0 radical (unpaired) electrons. The largest absolute Gasteiger partial charge is 0.352 e. The predicted molar refractivity (Wildman–Crippen MR) is 71.3 cm³/mol. The third kappa shape index (κ3) is 4.55. The van der Waals surface area contributed by atoms with Crippen molar-refractivity contribution in [2.45, 2.75) is 26.3 Å². The molecule has 1 atom stereocenters. The molecule has 0 spiro atoms. The number of benzene rings is 1. The van der Waals surface area contributed by atoms with Crippen LogP contribution in [-0.4, -0.2) is 24.4 Å². The Balaban J connectivity index is 2.60. The standard InChI is InChI=1S/C13H19N3O2/c1-3-15-13(18)10-4-6-11(7-5-10)16-12(17)8-9(2)14/h4-7,9H,3,8,14H2,1-2H3,(H,15,18)(H,16,17). The molecule has 0 bridgehead atoms. The number of hydrogen-bond donors (Lipinski definition) is 3. The molecule has 1 rings (SSSR count). The SMILES string of the molecule is CCNC(=O)c1ccc(NC(=O)CC(C)N)cc1. The van der Waals surface area contributed by atoms with Crippen molar-refractivity contribution >= 4 is 17.5 Å². The first kappa shape index (κ1) is 14.2. The van der Waals surface area contributed by atoms with Crippen LogP contribution < -0.4 is 16.4 Å². The minimum atomic E-state index is -0.167. The highest BCUT2D eigenvalue weighted by Crippen LogP contribution is 2.10. The highest BCUT2D eigenvalue weighted by molar-refractivity contribution is 5.95. The van der Waals surface area contributed by atoms with E-state index in [1.807, 2.05) is 6.92 Å². The van der Waals surface area contributed by atoms with Crippen LogP contribution in [0.2, 0.25) is 0 Å². The first-order valence-corrected chi connectivity index (χ1v) is 5.96. The Hall–Kier alpha value is -1.88. The fourth-order valence-corrected chi connectivity index (χ4v) is 1.47. The van der Waals surface area contributed by atoms with Gasteiger partial charge in [0.15, 0.2) is 0 Å². The van der Waals surface area contributed by atoms with E-state index in [1.165, 1.54) is 0 Å². The van der Waals surface area contributed by atoms with Crippen LogP contribution in [-0.2, 0) is 4.79 Å². The summed E-state index contributed by atoms with van der Waals surface area (Å²) in [5.74, 6) is -0.248. The molecule has 0 fully saturated rings. The van der Waals surface area contributed by atoms with Gasteiger partial charge in [-0.1, -0.05) is 0 Å². The first-order valence-electron chi connectivity index (χ1n) is 5.96. The summed E-state index contributed by atoms with van der Waals surface area (Å²) in [5, 5.41) is 5.43. The van der Waals surface area contributed by atoms with Crippen molar-refractivity contribution in [2.75, 3.05) is 11.9 Å². The molecule has 5 nitrogen and oxygen atoms in total. The zero-order valence-electron chi connectivity index (χ0n) is 10.7. The molecule has 98 valence electrons. The average Bonchev–Trinajstić information content (AvgIpc) is 2.29. The van der Waals surface area contributed by atoms with Gasteiger partial charge < -0.3 is 16.4 Å². The van der Waals surface area contributed by atoms with Gasteiger partial charge in [0.1, 0.15) is 0 Å². The van der Waals surface area contributed by atoms with E-state index in [2.05, 4.69) is 10.6 Å². The number of hydrogen-bond acceptors (Lipinski definition) is 3. The van der Waals surface area contributed by atoms with Crippen molar-refractivity contribution in [1.82, 2.24) is 5.32 Å². The van der Waals surface area contributed by atoms with Gasteiger partial charge in [-0.15, -0.1) is 0 Å². The summed E-state index contributed by atoms with van der Waals surface area (Å²) in [6, 6.07) is 6.58. The molecule has 1 unspecified atom stereocenters. The van der Waals surface area contributed by atoms with Crippen LogP contribution in [0.15, 0.2) is 24.3 Å². The van der Waals surface area contributed by atoms with Crippen LogP contribution in [0.5, 0.6) is 0 Å². The van der Waals surface area contributed by atoms with Gasteiger partial charge in [-0.2, -0.15) is 0 Å². The molecule has 2 amide bonds. The van der Waals surface area contributed by atoms with E-state index in [1.54, 1.807) is 31.2 Å². The highest BCUT2D eigenvalue weighted by atomic mass is 16.2. The minimum absolute atomic E-state index is 0.119. The normalized spacial score (nSPS) is 11.7. The molecule has 0 aliphatic rings. The smallest absolute Gasteiger partial charge is 0.251 e. The van der Waals surface area contributed by atoms with Gasteiger partial charge in [0.2, 0.25) is 5.91 Å². The van der Waals surface area contributed by atoms with Crippen LogP contribution in [0.4, 0.5) is 5.69 Å². The lowest BCUT2D eigenvalue weighted by Crippen LogP contribution is -2.24. The molecular formula is C13H19N3O2. The second kappa shape index (κ2) is 6.76. The molecule has 0 aliphatic heterocycles. The summed E-state index contributed by atoms with van der Waals surface area (Å²) in [7, 11) is 0. The molecule has 4 N–H and O–H groups in total. The van der Waals surface area contributed by atoms with Gasteiger partial charge in [-0.3, -0.25) is 9.59 Å². The Morgan fingerprint density at radius 1 is 1.28 bits per heavy atom. The van der Waals surface area contributed by atoms with Crippen LogP contribution in [0.3, 0.4) is 0 Å². The van der Waals surface area contributed by atoms with Gasteiger partial charge in [0, 0.05) is 30.3 Å². The second-order valence-corrected chi connectivity index (χ2v) is 4.17. The Morgan fingerprint density at radius 2 is 1.89 bits per heavy atom. The number of anilines is 1. The molecular weight excluding hydrogens is 230 g/mol. The molecule has 0 heterocycles. The Bertz CT molecular complexity index is 413. The fourth-order valence-electron chi connectivity index (χ4n) is 1.47. The molecule has 18 heavy (non-hydrogen) atoms. The van der Waals surface area contributed by atoms with Crippen LogP contribution in [0, 0.1) is 0 Å². The number of rotatable bonds is 5. The van der Waals surface area contributed by atoms with Gasteiger partial charge in [0.05, 0.1) is 0 Å². The van der Waals surface area contributed by atoms with E-state index in [0.29, 0.717) is 17.8 Å². The van der Waals surface area contributed by atoms with E-state index in [-0.39, 0.29) is 24.3 Å². The topological polar surface area (TPSA) is 84.2 Å². The van der Waals surface area contributed by atoms with Crippen molar-refractivity contribution < 1.29 is 9.59 Å². The van der Waals surface area contributed by atoms with Gasteiger partial charge in [-0.25, -0.2) is 0 Å². The highest BCUT2D eigenvalue weighted by Gasteiger charge is 2.07. The van der Waals surface area contributed by atoms with E-state index in [9.17, 15) is 9.59 Å². The van der Waals surface area contributed by atoms with Crippen molar-refractivity contribution in [3.63, 3.8) is 0 Å². The van der Waals surface area contributed by atoms with Crippen molar-refractivity contribution in [3.05, 3.63) is 29.8 Å². The lowest BCUT2D eigenvalue weighted by Gasteiger charge is -2.08. The predicted octanol–water partition coefficient (Wildman–Crippen LogP) is 1.11. The van der Waals surface area contributed by atoms with Crippen molar-refractivity contribution in [3.8, 4) is 0 Å². The van der Waals surface area contributed by atoms with Crippen LogP contribution in [0.25, 0.3) is 0 Å². The maximum atomic E-state index is 11.5. The monoisotopic (exact) mass is 249 g/mol. The third-order valence-corrected chi connectivity index (χ3v) is 2.28. The van der Waals surface area contributed by atoms with Gasteiger partial charge in [0.25, 0.3) is 5.91 Å². The van der Waals surface area contributed by atoms with E-state index in [4.69, 9.17) is 5.73 Å². The summed E-state index contributed by atoms with van der Waals surface area (Å²) in [6.45, 7) is 4.23. The number of nitrogens with two attached hydrogens (primary N) is 1. The van der Waals surface area contributed by atoms with E-state index in [0.717, 1.165) is 0 Å². The minimum Gasteiger partial charge on any atom is -0.352 e. The second-order valence-electron chi connectivity index (χ2n) is 4.17. The average molecular weight is 249 g/mol.